The number of aliphatic carboxylic acids is 1. The van der Waals surface area contributed by atoms with Crippen LogP contribution < -0.4 is 10.0 Å². The van der Waals surface area contributed by atoms with Gasteiger partial charge in [0.05, 0.1) is 11.9 Å². The number of halogens is 1. The van der Waals surface area contributed by atoms with Crippen molar-refractivity contribution in [2.75, 3.05) is 11.0 Å². The molecular weight excluding hydrogens is 327 g/mol. The van der Waals surface area contributed by atoms with Gasteiger partial charge in [-0.3, -0.25) is 9.52 Å². The van der Waals surface area contributed by atoms with E-state index in [0.29, 0.717) is 6.42 Å². The molecule has 1 atom stereocenters. The van der Waals surface area contributed by atoms with Crippen molar-refractivity contribution in [3.63, 3.8) is 0 Å². The molecule has 1 aromatic rings. The van der Waals surface area contributed by atoms with Crippen LogP contribution in [0.15, 0.2) is 30.9 Å². The third-order valence-corrected chi connectivity index (χ3v) is 3.38. The summed E-state index contributed by atoms with van der Waals surface area (Å²) in [6.07, 6.45) is 2.91. The number of carbonyl (C=O) groups is 2. The molecule has 1 aromatic carbocycles. The summed E-state index contributed by atoms with van der Waals surface area (Å²) in [5.74, 6) is -2.82. The fraction of sp³-hybridized carbons (Fsp3) is 0.286. The Morgan fingerprint density at radius 1 is 1.43 bits per heavy atom. The van der Waals surface area contributed by atoms with Crippen LogP contribution in [0.4, 0.5) is 10.1 Å². The minimum Gasteiger partial charge on any atom is -0.480 e. The van der Waals surface area contributed by atoms with Gasteiger partial charge in [0, 0.05) is 5.56 Å². The molecule has 9 heteroatoms. The standard InChI is InChI=1S/C14H17FN2O5S/c1-3-4-5-11(14(19)20)16-13(18)9-6-7-10(15)12(8-9)17-23(2,21)22/h3,6-8,11,17H,1,4-5H2,2H3,(H,16,18)(H,19,20). The van der Waals surface area contributed by atoms with Gasteiger partial charge in [0.15, 0.2) is 0 Å². The van der Waals surface area contributed by atoms with Crippen LogP contribution in [0.2, 0.25) is 0 Å². The van der Waals surface area contributed by atoms with Gasteiger partial charge < -0.3 is 10.4 Å². The summed E-state index contributed by atoms with van der Waals surface area (Å²) in [6, 6.07) is 1.92. The fourth-order valence-electron chi connectivity index (χ4n) is 1.73. The molecule has 0 bridgehead atoms. The van der Waals surface area contributed by atoms with E-state index in [1.807, 2.05) is 4.72 Å². The molecule has 23 heavy (non-hydrogen) atoms. The van der Waals surface area contributed by atoms with Crippen LogP contribution in [0.5, 0.6) is 0 Å². The molecule has 0 saturated heterocycles. The Balaban J connectivity index is 2.97. The Morgan fingerprint density at radius 3 is 2.61 bits per heavy atom. The Hall–Kier alpha value is -2.42. The van der Waals surface area contributed by atoms with Crippen LogP contribution in [0.1, 0.15) is 23.2 Å². The van der Waals surface area contributed by atoms with Crippen molar-refractivity contribution < 1.29 is 27.5 Å². The second-order valence-electron chi connectivity index (χ2n) is 4.80. The van der Waals surface area contributed by atoms with Gasteiger partial charge in [-0.05, 0) is 31.0 Å². The average molecular weight is 344 g/mol. The summed E-state index contributed by atoms with van der Waals surface area (Å²) in [6.45, 7) is 3.47. The predicted molar refractivity (Wildman–Crippen MR) is 83.2 cm³/mol. The fourth-order valence-corrected chi connectivity index (χ4v) is 2.28. The molecule has 0 spiro atoms. The van der Waals surface area contributed by atoms with E-state index in [4.69, 9.17) is 5.11 Å². The predicted octanol–water partition coefficient (Wildman–Crippen LogP) is 1.35. The van der Waals surface area contributed by atoms with Crippen LogP contribution in [-0.4, -0.2) is 37.7 Å². The van der Waals surface area contributed by atoms with Crippen molar-refractivity contribution in [2.24, 2.45) is 0 Å². The van der Waals surface area contributed by atoms with Crippen LogP contribution in [0.3, 0.4) is 0 Å². The van der Waals surface area contributed by atoms with Crippen molar-refractivity contribution in [2.45, 2.75) is 18.9 Å². The zero-order chi connectivity index (χ0) is 17.6. The van der Waals surface area contributed by atoms with Gasteiger partial charge in [0.1, 0.15) is 11.9 Å². The topological polar surface area (TPSA) is 113 Å². The number of allylic oxidation sites excluding steroid dienone is 1. The zero-order valence-electron chi connectivity index (χ0n) is 12.4. The van der Waals surface area contributed by atoms with E-state index in [-0.39, 0.29) is 12.0 Å². The highest BCUT2D eigenvalue weighted by atomic mass is 32.2. The van der Waals surface area contributed by atoms with Crippen LogP contribution in [-0.2, 0) is 14.8 Å². The number of hydrogen-bond acceptors (Lipinski definition) is 4. The van der Waals surface area contributed by atoms with E-state index >= 15 is 0 Å². The van der Waals surface area contributed by atoms with E-state index in [1.54, 1.807) is 0 Å². The van der Waals surface area contributed by atoms with E-state index in [1.165, 1.54) is 6.08 Å². The molecule has 0 aliphatic heterocycles. The third-order valence-electron chi connectivity index (χ3n) is 2.79. The summed E-state index contributed by atoms with van der Waals surface area (Å²) in [5.41, 5.74) is -0.458. The lowest BCUT2D eigenvalue weighted by Gasteiger charge is -2.14. The van der Waals surface area contributed by atoms with Crippen LogP contribution >= 0.6 is 0 Å². The number of carboxylic acid groups (broad SMARTS) is 1. The first-order valence-electron chi connectivity index (χ1n) is 6.56. The molecule has 0 heterocycles. The number of anilines is 1. The highest BCUT2D eigenvalue weighted by Crippen LogP contribution is 2.17. The molecule has 126 valence electrons. The summed E-state index contributed by atoms with van der Waals surface area (Å²) < 4.78 is 37.8. The Kier molecular flexibility index (Phi) is 6.26. The van der Waals surface area contributed by atoms with Crippen molar-refractivity contribution in [1.29, 1.82) is 0 Å². The SMILES string of the molecule is C=CCCC(NC(=O)c1ccc(F)c(NS(C)(=O)=O)c1)C(=O)O. The second kappa shape index (κ2) is 7.73. The Bertz CT molecular complexity index is 718. The highest BCUT2D eigenvalue weighted by Gasteiger charge is 2.20. The number of carboxylic acids is 1. The third kappa shape index (κ3) is 6.07. The van der Waals surface area contributed by atoms with Crippen molar-refractivity contribution in [3.8, 4) is 0 Å². The van der Waals surface area contributed by atoms with Gasteiger partial charge in [0.2, 0.25) is 10.0 Å². The maximum atomic E-state index is 13.6. The van der Waals surface area contributed by atoms with E-state index < -0.39 is 39.4 Å². The zero-order valence-corrected chi connectivity index (χ0v) is 13.2. The summed E-state index contributed by atoms with van der Waals surface area (Å²) in [5, 5.41) is 11.3. The number of amides is 1. The van der Waals surface area contributed by atoms with E-state index in [9.17, 15) is 22.4 Å². The molecule has 0 aliphatic rings. The van der Waals surface area contributed by atoms with Gasteiger partial charge in [-0.1, -0.05) is 6.08 Å². The minimum absolute atomic E-state index is 0.0672. The number of nitrogens with one attached hydrogen (secondary N) is 2. The summed E-state index contributed by atoms with van der Waals surface area (Å²) >= 11 is 0. The second-order valence-corrected chi connectivity index (χ2v) is 6.55. The normalized spacial score (nSPS) is 12.3. The molecule has 7 nitrogen and oxygen atoms in total. The molecule has 1 amide bonds. The first kappa shape index (κ1) is 18.6. The monoisotopic (exact) mass is 344 g/mol. The molecule has 0 aromatic heterocycles. The lowest BCUT2D eigenvalue weighted by Crippen LogP contribution is -2.40. The van der Waals surface area contributed by atoms with Gasteiger partial charge >= 0.3 is 5.97 Å². The minimum atomic E-state index is -3.72. The maximum absolute atomic E-state index is 13.6. The maximum Gasteiger partial charge on any atom is 0.326 e. The number of rotatable bonds is 8. The molecule has 0 fully saturated rings. The van der Waals surface area contributed by atoms with Crippen molar-refractivity contribution in [3.05, 3.63) is 42.2 Å². The highest BCUT2D eigenvalue weighted by molar-refractivity contribution is 7.92. The number of carbonyl (C=O) groups excluding carboxylic acids is 1. The average Bonchev–Trinajstić information content (AvgIpc) is 2.43. The van der Waals surface area contributed by atoms with Gasteiger partial charge in [-0.2, -0.15) is 0 Å². The molecule has 1 rings (SSSR count). The molecule has 1 unspecified atom stereocenters. The molecule has 3 N–H and O–H groups in total. The lowest BCUT2D eigenvalue weighted by molar-refractivity contribution is -0.139. The summed E-state index contributed by atoms with van der Waals surface area (Å²) in [7, 11) is -3.72. The van der Waals surface area contributed by atoms with Crippen LogP contribution in [0.25, 0.3) is 0 Å². The first-order chi connectivity index (χ1) is 10.6. The smallest absolute Gasteiger partial charge is 0.326 e. The molecule has 0 aliphatic carbocycles. The van der Waals surface area contributed by atoms with Gasteiger partial charge in [-0.25, -0.2) is 17.6 Å². The molecular formula is C14H17FN2O5S. The number of hydrogen-bond donors (Lipinski definition) is 3. The van der Waals surface area contributed by atoms with Gasteiger partial charge in [0.25, 0.3) is 5.91 Å². The lowest BCUT2D eigenvalue weighted by atomic mass is 10.1. The number of sulfonamides is 1. The van der Waals surface area contributed by atoms with Gasteiger partial charge in [-0.15, -0.1) is 6.58 Å². The Morgan fingerprint density at radius 2 is 2.09 bits per heavy atom. The quantitative estimate of drug-likeness (QED) is 0.616. The van der Waals surface area contributed by atoms with E-state index in [0.717, 1.165) is 24.5 Å². The van der Waals surface area contributed by atoms with Crippen molar-refractivity contribution in [1.82, 2.24) is 5.32 Å². The number of benzene rings is 1. The van der Waals surface area contributed by atoms with E-state index in [2.05, 4.69) is 11.9 Å². The molecule has 0 radical (unpaired) electrons. The van der Waals surface area contributed by atoms with Crippen molar-refractivity contribution >= 4 is 27.6 Å². The first-order valence-corrected chi connectivity index (χ1v) is 8.45. The largest absolute Gasteiger partial charge is 0.480 e. The Labute approximate surface area is 133 Å². The summed E-state index contributed by atoms with van der Waals surface area (Å²) in [4.78, 5) is 23.1. The molecule has 0 saturated carbocycles. The van der Waals surface area contributed by atoms with Crippen LogP contribution in [0, 0.1) is 5.82 Å².